The number of ketones is 1. The molecule has 0 saturated carbocycles. The first-order valence-corrected chi connectivity index (χ1v) is 6.84. The van der Waals surface area contributed by atoms with Crippen LogP contribution in [0.1, 0.15) is 11.1 Å². The van der Waals surface area contributed by atoms with Crippen molar-refractivity contribution in [1.82, 2.24) is 5.01 Å². The molecule has 0 fully saturated rings. The van der Waals surface area contributed by atoms with E-state index in [1.807, 2.05) is 18.2 Å². The van der Waals surface area contributed by atoms with Gasteiger partial charge in [0.05, 0.1) is 7.05 Å². The SMILES string of the molecule is CN(C(=CC(=O)C#Cc1ccccc1)c1ccccc1)[N+](=O)[O-]. The van der Waals surface area contributed by atoms with E-state index in [2.05, 4.69) is 11.8 Å². The number of carbonyl (C=O) groups excluding carboxylic acids is 1. The van der Waals surface area contributed by atoms with Crippen LogP contribution in [-0.2, 0) is 4.79 Å². The summed E-state index contributed by atoms with van der Waals surface area (Å²) in [7, 11) is 1.29. The molecule has 23 heavy (non-hydrogen) atoms. The molecule has 0 aliphatic carbocycles. The fourth-order valence-corrected chi connectivity index (χ4v) is 1.88. The van der Waals surface area contributed by atoms with Gasteiger partial charge >= 0.3 is 0 Å². The van der Waals surface area contributed by atoms with Crippen molar-refractivity contribution in [2.24, 2.45) is 0 Å². The van der Waals surface area contributed by atoms with Crippen LogP contribution in [-0.4, -0.2) is 22.9 Å². The second kappa shape index (κ2) is 7.57. The van der Waals surface area contributed by atoms with Crippen molar-refractivity contribution in [3.8, 4) is 11.8 Å². The molecule has 5 heteroatoms. The molecule has 0 aliphatic rings. The Kier molecular flexibility index (Phi) is 5.26. The Labute approximate surface area is 134 Å². The van der Waals surface area contributed by atoms with Crippen LogP contribution < -0.4 is 0 Å². The smallest absolute Gasteiger partial charge is 0.231 e. The van der Waals surface area contributed by atoms with Crippen molar-refractivity contribution in [3.63, 3.8) is 0 Å². The second-order valence-corrected chi connectivity index (χ2v) is 4.64. The number of benzene rings is 2. The van der Waals surface area contributed by atoms with Crippen molar-refractivity contribution in [2.45, 2.75) is 0 Å². The Balaban J connectivity index is 2.32. The van der Waals surface area contributed by atoms with Crippen LogP contribution in [0.15, 0.2) is 66.7 Å². The lowest BCUT2D eigenvalue weighted by atomic mass is 10.1. The average molecular weight is 306 g/mol. The maximum absolute atomic E-state index is 12.0. The van der Waals surface area contributed by atoms with Crippen molar-refractivity contribution < 1.29 is 9.83 Å². The van der Waals surface area contributed by atoms with Gasteiger partial charge in [-0.05, 0) is 18.1 Å². The summed E-state index contributed by atoms with van der Waals surface area (Å²) in [6.45, 7) is 0. The highest BCUT2D eigenvalue weighted by atomic mass is 16.7. The fourth-order valence-electron chi connectivity index (χ4n) is 1.88. The lowest BCUT2D eigenvalue weighted by Crippen LogP contribution is -2.24. The first kappa shape index (κ1) is 16.0. The van der Waals surface area contributed by atoms with Gasteiger partial charge in [-0.2, -0.15) is 0 Å². The summed E-state index contributed by atoms with van der Waals surface area (Å²) < 4.78 is 0. The standard InChI is InChI=1S/C18H14N2O3/c1-19(20(22)23)18(16-10-6-3-7-11-16)14-17(21)13-12-15-8-4-2-5-9-15/h2-11,14H,1H3. The van der Waals surface area contributed by atoms with Gasteiger partial charge in [0.2, 0.25) is 5.78 Å². The van der Waals surface area contributed by atoms with E-state index in [4.69, 9.17) is 0 Å². The number of rotatable bonds is 4. The van der Waals surface area contributed by atoms with E-state index < -0.39 is 10.8 Å². The Hall–Kier alpha value is -3.39. The van der Waals surface area contributed by atoms with E-state index in [9.17, 15) is 14.9 Å². The number of nitrogens with zero attached hydrogens (tertiary/aromatic N) is 2. The zero-order valence-electron chi connectivity index (χ0n) is 12.5. The van der Waals surface area contributed by atoms with Crippen molar-refractivity contribution in [3.05, 3.63) is 88.0 Å². The van der Waals surface area contributed by atoms with Gasteiger partial charge in [-0.3, -0.25) is 4.79 Å². The van der Waals surface area contributed by atoms with Crippen LogP contribution in [0.5, 0.6) is 0 Å². The molecular formula is C18H14N2O3. The predicted molar refractivity (Wildman–Crippen MR) is 87.5 cm³/mol. The number of hydrazine groups is 1. The molecule has 0 atom stereocenters. The van der Waals surface area contributed by atoms with Gasteiger partial charge in [0, 0.05) is 17.2 Å². The third kappa shape index (κ3) is 4.55. The van der Waals surface area contributed by atoms with E-state index >= 15 is 0 Å². The molecule has 0 aliphatic heterocycles. The molecule has 5 nitrogen and oxygen atoms in total. The lowest BCUT2D eigenvalue weighted by Gasteiger charge is -2.12. The maximum Gasteiger partial charge on any atom is 0.231 e. The van der Waals surface area contributed by atoms with E-state index in [0.717, 1.165) is 5.01 Å². The van der Waals surface area contributed by atoms with E-state index in [-0.39, 0.29) is 5.70 Å². The molecule has 114 valence electrons. The topological polar surface area (TPSA) is 63.5 Å². The molecular weight excluding hydrogens is 292 g/mol. The van der Waals surface area contributed by atoms with Crippen LogP contribution >= 0.6 is 0 Å². The van der Waals surface area contributed by atoms with Gasteiger partial charge < -0.3 is 0 Å². The van der Waals surface area contributed by atoms with Gasteiger partial charge in [0.15, 0.2) is 5.03 Å². The second-order valence-electron chi connectivity index (χ2n) is 4.64. The summed E-state index contributed by atoms with van der Waals surface area (Å²) in [5, 5.41) is 11.2. The minimum absolute atomic E-state index is 0.183. The largest absolute Gasteiger partial charge is 0.280 e. The summed E-state index contributed by atoms with van der Waals surface area (Å²) in [6.07, 6.45) is 1.17. The highest BCUT2D eigenvalue weighted by Gasteiger charge is 2.17. The number of carbonyl (C=O) groups is 1. The van der Waals surface area contributed by atoms with Crippen molar-refractivity contribution >= 4 is 11.5 Å². The number of hydrogen-bond donors (Lipinski definition) is 0. The summed E-state index contributed by atoms with van der Waals surface area (Å²) in [5.74, 6) is 4.72. The fraction of sp³-hybridized carbons (Fsp3) is 0.0556. The Morgan fingerprint density at radius 1 is 1.09 bits per heavy atom. The molecule has 2 aromatic rings. The molecule has 0 aromatic heterocycles. The number of hydrogen-bond acceptors (Lipinski definition) is 3. The summed E-state index contributed by atoms with van der Waals surface area (Å²) >= 11 is 0. The number of nitro groups is 1. The molecule has 0 unspecified atom stereocenters. The third-order valence-electron chi connectivity index (χ3n) is 3.03. The van der Waals surface area contributed by atoms with Gasteiger partial charge in [0.25, 0.3) is 0 Å². The van der Waals surface area contributed by atoms with Crippen LogP contribution in [0.2, 0.25) is 0 Å². The van der Waals surface area contributed by atoms with E-state index in [1.54, 1.807) is 42.5 Å². The summed E-state index contributed by atoms with van der Waals surface area (Å²) in [6, 6.07) is 17.7. The third-order valence-corrected chi connectivity index (χ3v) is 3.03. The molecule has 2 aromatic carbocycles. The Morgan fingerprint density at radius 2 is 1.65 bits per heavy atom. The van der Waals surface area contributed by atoms with E-state index in [0.29, 0.717) is 11.1 Å². The predicted octanol–water partition coefficient (Wildman–Crippen LogP) is 2.77. The quantitative estimate of drug-likeness (QED) is 0.377. The molecule has 0 amide bonds. The number of allylic oxidation sites excluding steroid dienone is 1. The van der Waals surface area contributed by atoms with Crippen LogP contribution in [0, 0.1) is 22.0 Å². The molecule has 0 radical (unpaired) electrons. The van der Waals surface area contributed by atoms with Crippen LogP contribution in [0.3, 0.4) is 0 Å². The van der Waals surface area contributed by atoms with Crippen LogP contribution in [0.4, 0.5) is 0 Å². The van der Waals surface area contributed by atoms with Crippen molar-refractivity contribution in [1.29, 1.82) is 0 Å². The average Bonchev–Trinajstić information content (AvgIpc) is 2.59. The Bertz CT molecular complexity index is 787. The van der Waals surface area contributed by atoms with E-state index in [1.165, 1.54) is 13.1 Å². The van der Waals surface area contributed by atoms with Gasteiger partial charge in [-0.1, -0.05) is 59.5 Å². The molecule has 0 spiro atoms. The zero-order chi connectivity index (χ0) is 16.7. The molecule has 0 saturated heterocycles. The minimum Gasteiger partial charge on any atom is -0.280 e. The summed E-state index contributed by atoms with van der Waals surface area (Å²) in [5.41, 5.74) is 1.46. The first-order chi connectivity index (χ1) is 11.1. The summed E-state index contributed by atoms with van der Waals surface area (Å²) in [4.78, 5) is 23.0. The zero-order valence-corrected chi connectivity index (χ0v) is 12.5. The monoisotopic (exact) mass is 306 g/mol. The van der Waals surface area contributed by atoms with Crippen LogP contribution in [0.25, 0.3) is 5.70 Å². The van der Waals surface area contributed by atoms with Gasteiger partial charge in [-0.15, -0.1) is 0 Å². The molecule has 2 rings (SSSR count). The molecule has 0 N–H and O–H groups in total. The molecule has 0 heterocycles. The maximum atomic E-state index is 12.0. The first-order valence-electron chi connectivity index (χ1n) is 6.84. The molecule has 0 bridgehead atoms. The van der Waals surface area contributed by atoms with Gasteiger partial charge in [-0.25, -0.2) is 10.1 Å². The van der Waals surface area contributed by atoms with Gasteiger partial charge in [0.1, 0.15) is 5.70 Å². The minimum atomic E-state index is -0.587. The lowest BCUT2D eigenvalue weighted by molar-refractivity contribution is -0.627. The highest BCUT2D eigenvalue weighted by molar-refractivity contribution is 6.08. The normalized spacial score (nSPS) is 10.4. The van der Waals surface area contributed by atoms with Crippen molar-refractivity contribution in [2.75, 3.05) is 7.05 Å². The Morgan fingerprint density at radius 3 is 2.22 bits per heavy atom. The highest BCUT2D eigenvalue weighted by Crippen LogP contribution is 2.17.